The second kappa shape index (κ2) is 10.6. The second-order valence-electron chi connectivity index (χ2n) is 6.33. The number of benzene rings is 1. The molecule has 0 spiro atoms. The van der Waals surface area contributed by atoms with Crippen LogP contribution in [0.5, 0.6) is 17.2 Å². The van der Waals surface area contributed by atoms with Gasteiger partial charge in [0.1, 0.15) is 5.78 Å². The molecular formula is C21H25NO6S. The highest BCUT2D eigenvalue weighted by atomic mass is 32.1. The predicted octanol–water partition coefficient (Wildman–Crippen LogP) is 4.03. The smallest absolute Gasteiger partial charge is 0.224 e. The van der Waals surface area contributed by atoms with Crippen molar-refractivity contribution in [2.45, 2.75) is 32.6 Å². The number of nitrogens with one attached hydrogen (secondary N) is 1. The molecule has 0 saturated carbocycles. The Labute approximate surface area is 174 Å². The first kappa shape index (κ1) is 22.4. The van der Waals surface area contributed by atoms with E-state index in [1.165, 1.54) is 32.7 Å². The van der Waals surface area contributed by atoms with E-state index in [4.69, 9.17) is 14.2 Å². The van der Waals surface area contributed by atoms with Crippen LogP contribution in [0, 0.1) is 6.92 Å². The molecule has 1 heterocycles. The zero-order chi connectivity index (χ0) is 21.4. The van der Waals surface area contributed by atoms with E-state index in [0.717, 1.165) is 4.88 Å². The van der Waals surface area contributed by atoms with Crippen LogP contribution in [-0.4, -0.2) is 38.8 Å². The van der Waals surface area contributed by atoms with E-state index >= 15 is 0 Å². The molecule has 0 radical (unpaired) electrons. The molecule has 0 atom stereocenters. The van der Waals surface area contributed by atoms with Crippen molar-refractivity contribution in [3.8, 4) is 17.2 Å². The maximum absolute atomic E-state index is 12.2. The van der Waals surface area contributed by atoms with Crippen molar-refractivity contribution in [2.75, 3.05) is 26.6 Å². The van der Waals surface area contributed by atoms with Crippen molar-refractivity contribution in [1.82, 2.24) is 0 Å². The van der Waals surface area contributed by atoms with Crippen molar-refractivity contribution < 1.29 is 28.6 Å². The van der Waals surface area contributed by atoms with Crippen molar-refractivity contribution in [1.29, 1.82) is 0 Å². The Morgan fingerprint density at radius 3 is 2.03 bits per heavy atom. The van der Waals surface area contributed by atoms with Gasteiger partial charge >= 0.3 is 0 Å². The number of methoxy groups -OCH3 is 3. The van der Waals surface area contributed by atoms with Crippen molar-refractivity contribution in [3.63, 3.8) is 0 Å². The summed E-state index contributed by atoms with van der Waals surface area (Å²) in [6, 6.07) is 6.89. The Bertz CT molecular complexity index is 864. The van der Waals surface area contributed by atoms with Gasteiger partial charge in [-0.15, -0.1) is 11.3 Å². The van der Waals surface area contributed by atoms with Crippen LogP contribution in [0.1, 0.15) is 40.2 Å². The molecule has 0 aliphatic rings. The number of ketones is 2. The van der Waals surface area contributed by atoms with Crippen LogP contribution in [0.25, 0.3) is 0 Å². The van der Waals surface area contributed by atoms with E-state index < -0.39 is 0 Å². The van der Waals surface area contributed by atoms with Gasteiger partial charge in [-0.25, -0.2) is 0 Å². The van der Waals surface area contributed by atoms with Crippen molar-refractivity contribution in [2.24, 2.45) is 0 Å². The lowest BCUT2D eigenvalue weighted by Crippen LogP contribution is -2.14. The second-order valence-corrected chi connectivity index (χ2v) is 7.62. The van der Waals surface area contributed by atoms with Gasteiger partial charge in [0, 0.05) is 48.4 Å². The SMILES string of the molecule is COc1cc(NC(=O)CCC(=O)CCC(=O)c2ccc(C)s2)cc(OC)c1OC. The molecule has 1 N–H and O–H groups in total. The third-order valence-electron chi connectivity index (χ3n) is 4.23. The molecule has 1 aromatic heterocycles. The molecule has 29 heavy (non-hydrogen) atoms. The van der Waals surface area contributed by atoms with Gasteiger partial charge in [-0.1, -0.05) is 0 Å². The highest BCUT2D eigenvalue weighted by molar-refractivity contribution is 7.14. The third-order valence-corrected chi connectivity index (χ3v) is 5.27. The standard InChI is InChI=1S/C21H25NO6S/c1-13-5-9-19(29-13)16(24)8-6-15(23)7-10-20(25)22-14-11-17(26-2)21(28-4)18(12-14)27-3/h5,9,11-12H,6-8,10H2,1-4H3,(H,22,25). The molecule has 0 fully saturated rings. The fourth-order valence-electron chi connectivity index (χ4n) is 2.72. The van der Waals surface area contributed by atoms with Crippen LogP contribution in [0.4, 0.5) is 5.69 Å². The zero-order valence-electron chi connectivity index (χ0n) is 17.0. The highest BCUT2D eigenvalue weighted by Gasteiger charge is 2.16. The third kappa shape index (κ3) is 6.32. The van der Waals surface area contributed by atoms with Gasteiger partial charge in [0.15, 0.2) is 17.3 Å². The number of Topliss-reactive ketones (excluding diaryl/α,β-unsaturated/α-hetero) is 2. The molecule has 8 heteroatoms. The summed E-state index contributed by atoms with van der Waals surface area (Å²) >= 11 is 1.42. The maximum atomic E-state index is 12.2. The largest absolute Gasteiger partial charge is 0.493 e. The average molecular weight is 419 g/mol. The van der Waals surface area contributed by atoms with Gasteiger partial charge in [0.05, 0.1) is 26.2 Å². The van der Waals surface area contributed by atoms with Crippen LogP contribution >= 0.6 is 11.3 Å². The summed E-state index contributed by atoms with van der Waals surface area (Å²) in [5.41, 5.74) is 0.472. The molecule has 1 amide bonds. The van der Waals surface area contributed by atoms with Crippen molar-refractivity contribution in [3.05, 3.63) is 34.0 Å². The number of aryl methyl sites for hydroxylation is 1. The molecule has 0 unspecified atom stereocenters. The predicted molar refractivity (Wildman–Crippen MR) is 112 cm³/mol. The first-order chi connectivity index (χ1) is 13.9. The molecule has 156 valence electrons. The molecule has 2 rings (SSSR count). The van der Waals surface area contributed by atoms with Gasteiger partial charge in [0.2, 0.25) is 11.7 Å². The molecule has 1 aromatic carbocycles. The van der Waals surface area contributed by atoms with E-state index in [-0.39, 0.29) is 43.2 Å². The minimum atomic E-state index is -0.312. The number of carbonyl (C=O) groups excluding carboxylic acids is 3. The number of anilines is 1. The van der Waals surface area contributed by atoms with Gasteiger partial charge < -0.3 is 19.5 Å². The zero-order valence-corrected chi connectivity index (χ0v) is 17.8. The lowest BCUT2D eigenvalue weighted by Gasteiger charge is -2.14. The summed E-state index contributed by atoms with van der Waals surface area (Å²) in [5, 5.41) is 2.72. The van der Waals surface area contributed by atoms with E-state index in [9.17, 15) is 14.4 Å². The Morgan fingerprint density at radius 1 is 0.897 bits per heavy atom. The van der Waals surface area contributed by atoms with Gasteiger partial charge in [-0.05, 0) is 19.1 Å². The molecule has 0 bridgehead atoms. The summed E-state index contributed by atoms with van der Waals surface area (Å²) in [6.45, 7) is 1.93. The number of hydrogen-bond acceptors (Lipinski definition) is 7. The Hall–Kier alpha value is -2.87. The fraction of sp³-hybridized carbons (Fsp3) is 0.381. The summed E-state index contributed by atoms with van der Waals surface area (Å²) < 4.78 is 15.7. The molecule has 0 aliphatic carbocycles. The first-order valence-electron chi connectivity index (χ1n) is 9.09. The normalized spacial score (nSPS) is 10.3. The lowest BCUT2D eigenvalue weighted by molar-refractivity contribution is -0.122. The Morgan fingerprint density at radius 2 is 1.52 bits per heavy atom. The molecule has 2 aromatic rings. The van der Waals surface area contributed by atoms with Crippen LogP contribution in [-0.2, 0) is 9.59 Å². The van der Waals surface area contributed by atoms with Crippen LogP contribution < -0.4 is 19.5 Å². The van der Waals surface area contributed by atoms with Crippen LogP contribution in [0.2, 0.25) is 0 Å². The average Bonchev–Trinajstić information content (AvgIpc) is 3.15. The van der Waals surface area contributed by atoms with E-state index in [0.29, 0.717) is 27.8 Å². The monoisotopic (exact) mass is 419 g/mol. The molecule has 0 aliphatic heterocycles. The summed E-state index contributed by atoms with van der Waals surface area (Å²) in [5.74, 6) is 0.785. The van der Waals surface area contributed by atoms with Crippen LogP contribution in [0.15, 0.2) is 24.3 Å². The Balaban J connectivity index is 1.84. The number of thiophene rings is 1. The maximum Gasteiger partial charge on any atom is 0.224 e. The van der Waals surface area contributed by atoms with E-state index in [1.54, 1.807) is 18.2 Å². The Kier molecular flexibility index (Phi) is 8.21. The van der Waals surface area contributed by atoms with Gasteiger partial charge in [-0.2, -0.15) is 0 Å². The quantitative estimate of drug-likeness (QED) is 0.553. The lowest BCUT2D eigenvalue weighted by atomic mass is 10.1. The number of amides is 1. The van der Waals surface area contributed by atoms with Gasteiger partial charge in [-0.3, -0.25) is 14.4 Å². The molecular weight excluding hydrogens is 394 g/mol. The molecule has 0 saturated heterocycles. The fourth-order valence-corrected chi connectivity index (χ4v) is 3.55. The number of hydrogen-bond donors (Lipinski definition) is 1. The van der Waals surface area contributed by atoms with Crippen molar-refractivity contribution >= 4 is 34.5 Å². The van der Waals surface area contributed by atoms with E-state index in [2.05, 4.69) is 5.32 Å². The minimum Gasteiger partial charge on any atom is -0.493 e. The number of rotatable bonds is 11. The number of ether oxygens (including phenoxy) is 3. The van der Waals surface area contributed by atoms with E-state index in [1.807, 2.05) is 13.0 Å². The van der Waals surface area contributed by atoms with Gasteiger partial charge in [0.25, 0.3) is 0 Å². The number of carbonyl (C=O) groups is 3. The highest BCUT2D eigenvalue weighted by Crippen LogP contribution is 2.39. The molecule has 7 nitrogen and oxygen atoms in total. The summed E-state index contributed by atoms with van der Waals surface area (Å²) in [4.78, 5) is 38.0. The summed E-state index contributed by atoms with van der Waals surface area (Å²) in [6.07, 6.45) is 0.398. The topological polar surface area (TPSA) is 90.9 Å². The van der Waals surface area contributed by atoms with Crippen LogP contribution in [0.3, 0.4) is 0 Å². The summed E-state index contributed by atoms with van der Waals surface area (Å²) in [7, 11) is 4.47. The first-order valence-corrected chi connectivity index (χ1v) is 9.90. The minimum absolute atomic E-state index is 0.0296.